The average molecular weight is 264 g/mol. The lowest BCUT2D eigenvalue weighted by atomic mass is 10.2. The topological polar surface area (TPSA) is 87.5 Å². The number of aromatic carboxylic acids is 1. The number of nitrogens with one attached hydrogen (secondary N) is 1. The number of carbonyl (C=O) groups is 2. The highest BCUT2D eigenvalue weighted by Gasteiger charge is 2.32. The molecule has 1 saturated heterocycles. The summed E-state index contributed by atoms with van der Waals surface area (Å²) in [5, 5.41) is 16.1. The van der Waals surface area contributed by atoms with Crippen molar-refractivity contribution in [2.75, 3.05) is 6.54 Å². The predicted octanol–water partition coefficient (Wildman–Crippen LogP) is -0.288. The molecule has 2 aliphatic rings. The van der Waals surface area contributed by atoms with Crippen LogP contribution in [0.2, 0.25) is 0 Å². The zero-order valence-electron chi connectivity index (χ0n) is 10.7. The molecule has 19 heavy (non-hydrogen) atoms. The number of carboxylic acids is 1. The zero-order valence-corrected chi connectivity index (χ0v) is 10.7. The number of fused-ring (bicyclic) bond motifs is 1. The molecule has 0 aliphatic carbocycles. The van der Waals surface area contributed by atoms with E-state index in [1.54, 1.807) is 11.7 Å². The second kappa shape index (κ2) is 4.34. The Kier molecular flexibility index (Phi) is 2.78. The Balaban J connectivity index is 1.72. The lowest BCUT2D eigenvalue weighted by Gasteiger charge is -2.19. The highest BCUT2D eigenvalue weighted by atomic mass is 16.4. The van der Waals surface area contributed by atoms with Gasteiger partial charge in [0.25, 0.3) is 0 Å². The molecule has 2 N–H and O–H groups in total. The van der Waals surface area contributed by atoms with E-state index in [1.165, 1.54) is 0 Å². The van der Waals surface area contributed by atoms with E-state index in [-0.39, 0.29) is 17.6 Å². The molecular formula is C12H16N4O3. The molecule has 1 atom stereocenters. The minimum Gasteiger partial charge on any atom is -0.476 e. The maximum atomic E-state index is 11.2. The Morgan fingerprint density at radius 2 is 2.32 bits per heavy atom. The second-order valence-electron chi connectivity index (χ2n) is 5.18. The van der Waals surface area contributed by atoms with Crippen LogP contribution in [-0.2, 0) is 24.9 Å². The van der Waals surface area contributed by atoms with Gasteiger partial charge in [0.1, 0.15) is 0 Å². The Morgan fingerprint density at radius 1 is 1.53 bits per heavy atom. The first kappa shape index (κ1) is 12.2. The van der Waals surface area contributed by atoms with Gasteiger partial charge in [0.2, 0.25) is 5.91 Å². The molecule has 3 rings (SSSR count). The van der Waals surface area contributed by atoms with Crippen molar-refractivity contribution in [2.45, 2.75) is 32.0 Å². The van der Waals surface area contributed by atoms with Gasteiger partial charge in [0.05, 0.1) is 5.69 Å². The number of amides is 1. The molecule has 1 fully saturated rings. The molecule has 3 heterocycles. The summed E-state index contributed by atoms with van der Waals surface area (Å²) in [5.41, 5.74) is 1.91. The van der Waals surface area contributed by atoms with Gasteiger partial charge in [-0.15, -0.1) is 0 Å². The summed E-state index contributed by atoms with van der Waals surface area (Å²) in [6.45, 7) is 2.05. The van der Waals surface area contributed by atoms with E-state index in [0.717, 1.165) is 24.2 Å². The first-order chi connectivity index (χ1) is 9.04. The van der Waals surface area contributed by atoms with Crippen molar-refractivity contribution in [3.05, 3.63) is 17.0 Å². The van der Waals surface area contributed by atoms with E-state index in [2.05, 4.69) is 15.3 Å². The molecular weight excluding hydrogens is 248 g/mol. The lowest BCUT2D eigenvalue weighted by molar-refractivity contribution is -0.119. The van der Waals surface area contributed by atoms with E-state index in [0.29, 0.717) is 19.5 Å². The molecule has 0 radical (unpaired) electrons. The number of carbonyl (C=O) groups excluding carboxylic acids is 1. The highest BCUT2D eigenvalue weighted by Crippen LogP contribution is 2.26. The maximum absolute atomic E-state index is 11.2. The summed E-state index contributed by atoms with van der Waals surface area (Å²) in [6, 6.07) is 0.183. The number of hydrogen-bond donors (Lipinski definition) is 2. The predicted molar refractivity (Wildman–Crippen MR) is 65.4 cm³/mol. The summed E-state index contributed by atoms with van der Waals surface area (Å²) in [7, 11) is 1.77. The van der Waals surface area contributed by atoms with Crippen LogP contribution in [0, 0.1) is 0 Å². The van der Waals surface area contributed by atoms with Crippen LogP contribution in [0.3, 0.4) is 0 Å². The summed E-state index contributed by atoms with van der Waals surface area (Å²) < 4.78 is 1.64. The van der Waals surface area contributed by atoms with Gasteiger partial charge in [-0.1, -0.05) is 0 Å². The third kappa shape index (κ3) is 2.10. The van der Waals surface area contributed by atoms with Crippen LogP contribution in [0.25, 0.3) is 0 Å². The Hall–Kier alpha value is -1.89. The molecule has 0 spiro atoms. The van der Waals surface area contributed by atoms with E-state index in [9.17, 15) is 9.59 Å². The van der Waals surface area contributed by atoms with Crippen molar-refractivity contribution in [3.8, 4) is 0 Å². The number of carboxylic acid groups (broad SMARTS) is 1. The summed E-state index contributed by atoms with van der Waals surface area (Å²) in [4.78, 5) is 24.5. The monoisotopic (exact) mass is 264 g/mol. The largest absolute Gasteiger partial charge is 0.476 e. The first-order valence-corrected chi connectivity index (χ1v) is 6.34. The van der Waals surface area contributed by atoms with Crippen LogP contribution in [0.5, 0.6) is 0 Å². The minimum absolute atomic E-state index is 0.106. The van der Waals surface area contributed by atoms with Crippen molar-refractivity contribution in [1.29, 1.82) is 0 Å². The Morgan fingerprint density at radius 3 is 2.95 bits per heavy atom. The van der Waals surface area contributed by atoms with E-state index >= 15 is 0 Å². The van der Waals surface area contributed by atoms with Crippen molar-refractivity contribution >= 4 is 11.9 Å². The third-order valence-corrected chi connectivity index (χ3v) is 3.80. The average Bonchev–Trinajstić information content (AvgIpc) is 2.98. The number of rotatable bonds is 3. The standard InChI is InChI=1S/C12H16N4O3/c1-15-9-6-16(4-7-2-3-10(17)13-7)5-8(9)11(14-15)12(18)19/h7H,2-6H2,1H3,(H,13,17)(H,18,19)/t7-/m1/s1. The van der Waals surface area contributed by atoms with Gasteiger partial charge in [-0.3, -0.25) is 14.4 Å². The molecule has 0 saturated carbocycles. The fraction of sp³-hybridized carbons (Fsp3) is 0.583. The van der Waals surface area contributed by atoms with Crippen LogP contribution >= 0.6 is 0 Å². The molecule has 2 aliphatic heterocycles. The normalized spacial score (nSPS) is 22.6. The third-order valence-electron chi connectivity index (χ3n) is 3.80. The fourth-order valence-electron chi connectivity index (χ4n) is 2.88. The van der Waals surface area contributed by atoms with Crippen LogP contribution in [0.15, 0.2) is 0 Å². The van der Waals surface area contributed by atoms with E-state index < -0.39 is 5.97 Å². The van der Waals surface area contributed by atoms with Gasteiger partial charge in [-0.05, 0) is 6.42 Å². The van der Waals surface area contributed by atoms with Crippen molar-refractivity contribution in [1.82, 2.24) is 20.0 Å². The maximum Gasteiger partial charge on any atom is 0.356 e. The number of hydrogen-bond acceptors (Lipinski definition) is 4. The summed E-state index contributed by atoms with van der Waals surface area (Å²) in [5.74, 6) is -0.873. The SMILES string of the molecule is Cn1nc(C(=O)O)c2c1CN(C[C@H]1CCC(=O)N1)C2. The molecule has 0 aromatic carbocycles. The number of nitrogens with zero attached hydrogens (tertiary/aromatic N) is 3. The van der Waals surface area contributed by atoms with Crippen molar-refractivity contribution < 1.29 is 14.7 Å². The summed E-state index contributed by atoms with van der Waals surface area (Å²) in [6.07, 6.45) is 1.45. The summed E-state index contributed by atoms with van der Waals surface area (Å²) >= 11 is 0. The van der Waals surface area contributed by atoms with Crippen molar-refractivity contribution in [3.63, 3.8) is 0 Å². The second-order valence-corrected chi connectivity index (χ2v) is 5.18. The molecule has 1 aromatic heterocycles. The fourth-order valence-corrected chi connectivity index (χ4v) is 2.88. The molecule has 1 aromatic rings. The highest BCUT2D eigenvalue weighted by molar-refractivity contribution is 5.87. The molecule has 7 nitrogen and oxygen atoms in total. The van der Waals surface area contributed by atoms with Crippen molar-refractivity contribution in [2.24, 2.45) is 7.05 Å². The van der Waals surface area contributed by atoms with Gasteiger partial charge in [0.15, 0.2) is 5.69 Å². The van der Waals surface area contributed by atoms with Crippen LogP contribution < -0.4 is 5.32 Å². The smallest absolute Gasteiger partial charge is 0.356 e. The van der Waals surface area contributed by atoms with Crippen LogP contribution in [0.1, 0.15) is 34.6 Å². The number of aromatic nitrogens is 2. The Labute approximate surface area is 110 Å². The Bertz CT molecular complexity index is 551. The van der Waals surface area contributed by atoms with E-state index in [4.69, 9.17) is 5.11 Å². The molecule has 0 bridgehead atoms. The van der Waals surface area contributed by atoms with E-state index in [1.807, 2.05) is 0 Å². The minimum atomic E-state index is -0.979. The molecule has 102 valence electrons. The zero-order chi connectivity index (χ0) is 13.6. The first-order valence-electron chi connectivity index (χ1n) is 6.34. The molecule has 1 amide bonds. The quantitative estimate of drug-likeness (QED) is 0.783. The van der Waals surface area contributed by atoms with Crippen LogP contribution in [-0.4, -0.2) is 44.3 Å². The van der Waals surface area contributed by atoms with Crippen LogP contribution in [0.4, 0.5) is 0 Å². The molecule has 0 unspecified atom stereocenters. The lowest BCUT2D eigenvalue weighted by Crippen LogP contribution is -2.36. The molecule has 7 heteroatoms. The van der Waals surface area contributed by atoms with Gasteiger partial charge in [0, 0.05) is 44.7 Å². The van der Waals surface area contributed by atoms with Gasteiger partial charge in [-0.25, -0.2) is 4.79 Å². The van der Waals surface area contributed by atoms with Gasteiger partial charge in [-0.2, -0.15) is 5.10 Å². The number of aryl methyl sites for hydroxylation is 1. The van der Waals surface area contributed by atoms with Gasteiger partial charge < -0.3 is 10.4 Å². The van der Waals surface area contributed by atoms with Gasteiger partial charge >= 0.3 is 5.97 Å².